The Morgan fingerprint density at radius 1 is 1.40 bits per heavy atom. The number of hydrogen-bond donors (Lipinski definition) is 2. The Morgan fingerprint density at radius 2 is 2.12 bits per heavy atom. The molecule has 0 bridgehead atoms. The van der Waals surface area contributed by atoms with E-state index in [0.717, 1.165) is 12.8 Å². The molecule has 1 saturated carbocycles. The third-order valence-electron chi connectivity index (χ3n) is 4.04. The van der Waals surface area contributed by atoms with Crippen molar-refractivity contribution in [2.75, 3.05) is 0 Å². The van der Waals surface area contributed by atoms with Crippen LogP contribution in [0.5, 0.6) is 0 Å². The molecule has 0 aliphatic heterocycles. The molecule has 132 valence electrons. The maximum atomic E-state index is 12.4. The average molecular weight is 363 g/mol. The van der Waals surface area contributed by atoms with Gasteiger partial charge in [0.1, 0.15) is 11.9 Å². The summed E-state index contributed by atoms with van der Waals surface area (Å²) in [6, 6.07) is 6.25. The van der Waals surface area contributed by atoms with Gasteiger partial charge in [0.05, 0.1) is 10.7 Å². The number of hydrogen-bond acceptors (Lipinski definition) is 4. The summed E-state index contributed by atoms with van der Waals surface area (Å²) in [7, 11) is 0. The van der Waals surface area contributed by atoms with Crippen molar-refractivity contribution in [3.63, 3.8) is 0 Å². The van der Waals surface area contributed by atoms with Crippen LogP contribution in [0.25, 0.3) is 5.69 Å². The van der Waals surface area contributed by atoms with Crippen LogP contribution >= 0.6 is 11.6 Å². The monoisotopic (exact) mass is 362 g/mol. The molecule has 0 spiro atoms. The van der Waals surface area contributed by atoms with Crippen molar-refractivity contribution in [2.45, 2.75) is 44.6 Å². The molecule has 2 N–H and O–H groups in total. The Kier molecular flexibility index (Phi) is 5.03. The molecular weight excluding hydrogens is 344 g/mol. The lowest BCUT2D eigenvalue weighted by atomic mass is 10.1. The van der Waals surface area contributed by atoms with E-state index in [2.05, 4.69) is 15.4 Å². The Balaban J connectivity index is 1.90. The van der Waals surface area contributed by atoms with Gasteiger partial charge in [0.15, 0.2) is 0 Å². The van der Waals surface area contributed by atoms with Crippen LogP contribution < -0.4 is 5.32 Å². The fourth-order valence-electron chi connectivity index (χ4n) is 2.60. The minimum absolute atomic E-state index is 0.0378. The molecule has 8 heteroatoms. The van der Waals surface area contributed by atoms with E-state index in [4.69, 9.17) is 11.6 Å². The maximum Gasteiger partial charge on any atom is 0.326 e. The molecule has 1 aliphatic rings. The van der Waals surface area contributed by atoms with Crippen LogP contribution in [0.3, 0.4) is 0 Å². The normalized spacial score (nSPS) is 15.0. The predicted molar refractivity (Wildman–Crippen MR) is 92.1 cm³/mol. The van der Waals surface area contributed by atoms with Crippen LogP contribution in [-0.2, 0) is 4.79 Å². The van der Waals surface area contributed by atoms with Gasteiger partial charge in [-0.25, -0.2) is 14.5 Å². The van der Waals surface area contributed by atoms with E-state index >= 15 is 0 Å². The highest BCUT2D eigenvalue weighted by molar-refractivity contribution is 6.32. The number of halogens is 1. The third-order valence-corrected chi connectivity index (χ3v) is 4.36. The van der Waals surface area contributed by atoms with Gasteiger partial charge in [0.2, 0.25) is 5.82 Å². The zero-order chi connectivity index (χ0) is 18.0. The van der Waals surface area contributed by atoms with Crippen LogP contribution in [0.2, 0.25) is 5.02 Å². The van der Waals surface area contributed by atoms with Gasteiger partial charge < -0.3 is 10.4 Å². The largest absolute Gasteiger partial charge is 0.480 e. The fraction of sp³-hybridized carbons (Fsp3) is 0.412. The smallest absolute Gasteiger partial charge is 0.326 e. The minimum Gasteiger partial charge on any atom is -0.480 e. The number of benzene rings is 1. The molecule has 1 aliphatic carbocycles. The third kappa shape index (κ3) is 3.82. The van der Waals surface area contributed by atoms with Crippen LogP contribution in [0.4, 0.5) is 0 Å². The Labute approximate surface area is 150 Å². The van der Waals surface area contributed by atoms with Gasteiger partial charge in [-0.3, -0.25) is 4.79 Å². The predicted octanol–water partition coefficient (Wildman–Crippen LogP) is 2.78. The number of carboxylic acids is 1. The summed E-state index contributed by atoms with van der Waals surface area (Å²) < 4.78 is 1.59. The highest BCUT2D eigenvalue weighted by atomic mass is 35.5. The van der Waals surface area contributed by atoms with Crippen molar-refractivity contribution in [1.82, 2.24) is 20.1 Å². The van der Waals surface area contributed by atoms with Gasteiger partial charge in [-0.15, -0.1) is 5.10 Å². The zero-order valence-corrected chi connectivity index (χ0v) is 14.5. The molecule has 1 amide bonds. The second kappa shape index (κ2) is 7.23. The number of carbonyl (C=O) groups is 2. The van der Waals surface area contributed by atoms with E-state index in [9.17, 15) is 14.7 Å². The van der Waals surface area contributed by atoms with Crippen molar-refractivity contribution in [2.24, 2.45) is 0 Å². The first-order valence-electron chi connectivity index (χ1n) is 8.26. The van der Waals surface area contributed by atoms with Gasteiger partial charge in [-0.1, -0.05) is 37.1 Å². The molecule has 25 heavy (non-hydrogen) atoms. The van der Waals surface area contributed by atoms with Gasteiger partial charge in [0.25, 0.3) is 5.91 Å². The zero-order valence-electron chi connectivity index (χ0n) is 13.8. The molecule has 2 aromatic rings. The van der Waals surface area contributed by atoms with Gasteiger partial charge in [0, 0.05) is 5.92 Å². The summed E-state index contributed by atoms with van der Waals surface area (Å²) >= 11 is 6.24. The average Bonchev–Trinajstić information content (AvgIpc) is 3.33. The highest BCUT2D eigenvalue weighted by Gasteiger charge is 2.32. The standard InChI is InChI=1S/C17H19ClN4O3/c1-2-5-12(17(24)25)19-16(23)14-20-15(10-8-9-10)22(21-14)13-7-4-3-6-11(13)18/h3-4,6-7,10,12H,2,5,8-9H2,1H3,(H,19,23)(H,24,25). The number of carboxylic acid groups (broad SMARTS) is 1. The molecule has 0 radical (unpaired) electrons. The maximum absolute atomic E-state index is 12.4. The number of nitrogens with one attached hydrogen (secondary N) is 1. The topological polar surface area (TPSA) is 97.1 Å². The Bertz CT molecular complexity index is 801. The van der Waals surface area contributed by atoms with Crippen LogP contribution in [-0.4, -0.2) is 37.8 Å². The number of carbonyl (C=O) groups excluding carboxylic acids is 1. The lowest BCUT2D eigenvalue weighted by Gasteiger charge is -2.11. The van der Waals surface area contributed by atoms with E-state index in [1.165, 1.54) is 0 Å². The SMILES string of the molecule is CCCC(NC(=O)c1nc(C2CC2)n(-c2ccccc2Cl)n1)C(=O)O. The lowest BCUT2D eigenvalue weighted by molar-refractivity contribution is -0.139. The summed E-state index contributed by atoms with van der Waals surface area (Å²) in [5.41, 5.74) is 0.654. The number of amides is 1. The second-order valence-electron chi connectivity index (χ2n) is 6.08. The van der Waals surface area contributed by atoms with Crippen molar-refractivity contribution in [1.29, 1.82) is 0 Å². The molecule has 0 saturated heterocycles. The van der Waals surface area contributed by atoms with E-state index in [-0.39, 0.29) is 11.7 Å². The summed E-state index contributed by atoms with van der Waals surface area (Å²) in [4.78, 5) is 28.0. The van der Waals surface area contributed by atoms with Crippen molar-refractivity contribution >= 4 is 23.5 Å². The first-order chi connectivity index (χ1) is 12.0. The molecule has 1 fully saturated rings. The van der Waals surface area contributed by atoms with Crippen LogP contribution in [0.1, 0.15) is 55.0 Å². The van der Waals surface area contributed by atoms with E-state index < -0.39 is 17.9 Å². The highest BCUT2D eigenvalue weighted by Crippen LogP contribution is 2.40. The van der Waals surface area contributed by atoms with E-state index in [1.807, 2.05) is 25.1 Å². The molecule has 7 nitrogen and oxygen atoms in total. The number of aliphatic carboxylic acids is 1. The molecule has 1 heterocycles. The quantitative estimate of drug-likeness (QED) is 0.789. The first kappa shape index (κ1) is 17.4. The van der Waals surface area contributed by atoms with E-state index in [0.29, 0.717) is 29.4 Å². The summed E-state index contributed by atoms with van der Waals surface area (Å²) in [5.74, 6) is -0.766. The Morgan fingerprint density at radius 3 is 2.72 bits per heavy atom. The molecule has 1 unspecified atom stereocenters. The second-order valence-corrected chi connectivity index (χ2v) is 6.49. The fourth-order valence-corrected chi connectivity index (χ4v) is 2.81. The molecule has 1 atom stereocenters. The van der Waals surface area contributed by atoms with Crippen molar-refractivity contribution in [3.05, 3.63) is 40.9 Å². The minimum atomic E-state index is -1.07. The van der Waals surface area contributed by atoms with E-state index in [1.54, 1.807) is 10.7 Å². The number of rotatable bonds is 7. The van der Waals surface area contributed by atoms with Crippen molar-refractivity contribution < 1.29 is 14.7 Å². The van der Waals surface area contributed by atoms with Crippen LogP contribution in [0, 0.1) is 0 Å². The first-order valence-corrected chi connectivity index (χ1v) is 8.64. The van der Waals surface area contributed by atoms with Crippen LogP contribution in [0.15, 0.2) is 24.3 Å². The van der Waals surface area contributed by atoms with Gasteiger partial charge in [-0.05, 0) is 31.4 Å². The number of aromatic nitrogens is 3. The summed E-state index contributed by atoms with van der Waals surface area (Å²) in [6.45, 7) is 1.86. The molecule has 1 aromatic heterocycles. The lowest BCUT2D eigenvalue weighted by Crippen LogP contribution is -2.41. The van der Waals surface area contributed by atoms with Crippen molar-refractivity contribution in [3.8, 4) is 5.69 Å². The molecule has 1 aromatic carbocycles. The molecular formula is C17H19ClN4O3. The summed E-state index contributed by atoms with van der Waals surface area (Å²) in [5, 5.41) is 16.5. The number of para-hydroxylation sites is 1. The van der Waals surface area contributed by atoms with Gasteiger partial charge in [-0.2, -0.15) is 0 Å². The summed E-state index contributed by atoms with van der Waals surface area (Å²) in [6.07, 6.45) is 2.96. The number of nitrogens with zero attached hydrogens (tertiary/aromatic N) is 3. The molecule has 3 rings (SSSR count). The van der Waals surface area contributed by atoms with Gasteiger partial charge >= 0.3 is 5.97 Å². The Hall–Kier alpha value is -2.41.